The maximum Gasteiger partial charge on any atom is 0.472 e. The molecule has 3 aromatic rings. The van der Waals surface area contributed by atoms with Crippen LogP contribution >= 0.6 is 7.82 Å². The molecule has 1 unspecified atom stereocenters. The van der Waals surface area contributed by atoms with E-state index in [2.05, 4.69) is 4.98 Å². The first-order chi connectivity index (χ1) is 15.3. The van der Waals surface area contributed by atoms with E-state index in [1.54, 1.807) is 26.1 Å². The molecule has 32 heavy (non-hydrogen) atoms. The average molecular weight is 457 g/mol. The second kappa shape index (κ2) is 11.5. The lowest BCUT2D eigenvalue weighted by Crippen LogP contribution is -2.03. The molecule has 2 N–H and O–H groups in total. The Morgan fingerprint density at radius 1 is 0.906 bits per heavy atom. The molecule has 1 heterocycles. The molecule has 2 aromatic carbocycles. The minimum atomic E-state index is -4.07. The Bertz CT molecular complexity index is 1040. The maximum atomic E-state index is 11.8. The highest BCUT2D eigenvalue weighted by atomic mass is 31.2. The largest absolute Gasteiger partial charge is 0.472 e. The number of phosphoric acid groups is 1. The van der Waals surface area contributed by atoms with Gasteiger partial charge in [0.1, 0.15) is 0 Å². The number of pyridine rings is 1. The zero-order chi connectivity index (χ0) is 23.0. The van der Waals surface area contributed by atoms with Gasteiger partial charge in [-0.2, -0.15) is 0 Å². The summed E-state index contributed by atoms with van der Waals surface area (Å²) in [4.78, 5) is 14.0. The summed E-state index contributed by atoms with van der Waals surface area (Å²) in [6.45, 7) is 4.24. The standard InChI is InChI=1S/C24H28NO6P/c1-18(2)31-32(27,28)30-17-22-8-11-24(25-13-22)23-9-6-19(7-10-23)15-29-16-21-5-3-4-20(12-21)14-26/h3-13,18,26H,14-17H2,1-2H3,(H,27,28). The van der Waals surface area contributed by atoms with Crippen LogP contribution in [0.1, 0.15) is 36.1 Å². The fourth-order valence-corrected chi connectivity index (χ4v) is 3.92. The third kappa shape index (κ3) is 7.64. The topological polar surface area (TPSA) is 98.1 Å². The number of aliphatic hydroxyl groups is 1. The Balaban J connectivity index is 1.51. The van der Waals surface area contributed by atoms with Gasteiger partial charge in [0.05, 0.1) is 38.2 Å². The highest BCUT2D eigenvalue weighted by Gasteiger charge is 2.22. The van der Waals surface area contributed by atoms with Crippen molar-refractivity contribution in [2.24, 2.45) is 0 Å². The molecule has 0 bridgehead atoms. The van der Waals surface area contributed by atoms with Gasteiger partial charge >= 0.3 is 7.82 Å². The second-order valence-corrected chi connectivity index (χ2v) is 9.02. The normalized spacial score (nSPS) is 13.3. The third-order valence-electron chi connectivity index (χ3n) is 4.52. The Labute approximate surface area is 188 Å². The molecular formula is C24H28NO6P. The predicted octanol–water partition coefficient (Wildman–Crippen LogP) is 5.00. The van der Waals surface area contributed by atoms with Crippen LogP contribution in [0.4, 0.5) is 0 Å². The smallest absolute Gasteiger partial charge is 0.392 e. The molecule has 8 heteroatoms. The van der Waals surface area contributed by atoms with Crippen molar-refractivity contribution in [3.8, 4) is 11.3 Å². The van der Waals surface area contributed by atoms with E-state index in [-0.39, 0.29) is 13.2 Å². The summed E-state index contributed by atoms with van der Waals surface area (Å²) in [6, 6.07) is 19.3. The van der Waals surface area contributed by atoms with Crippen molar-refractivity contribution in [1.29, 1.82) is 0 Å². The van der Waals surface area contributed by atoms with E-state index in [9.17, 15) is 14.6 Å². The summed E-state index contributed by atoms with van der Waals surface area (Å²) >= 11 is 0. The number of benzene rings is 2. The first-order valence-corrected chi connectivity index (χ1v) is 11.8. The Morgan fingerprint density at radius 2 is 1.59 bits per heavy atom. The molecule has 1 aromatic heterocycles. The van der Waals surface area contributed by atoms with E-state index >= 15 is 0 Å². The van der Waals surface area contributed by atoms with Crippen molar-refractivity contribution >= 4 is 7.82 Å². The van der Waals surface area contributed by atoms with Crippen molar-refractivity contribution in [1.82, 2.24) is 4.98 Å². The molecule has 0 aliphatic rings. The molecule has 0 aliphatic carbocycles. The maximum absolute atomic E-state index is 11.8. The molecule has 7 nitrogen and oxygen atoms in total. The van der Waals surface area contributed by atoms with Gasteiger partial charge in [-0.25, -0.2) is 4.57 Å². The molecular weight excluding hydrogens is 429 g/mol. The monoisotopic (exact) mass is 457 g/mol. The molecule has 0 aliphatic heterocycles. The number of phosphoric ester groups is 1. The molecule has 3 rings (SSSR count). The van der Waals surface area contributed by atoms with Crippen LogP contribution in [-0.4, -0.2) is 21.1 Å². The van der Waals surface area contributed by atoms with Crippen molar-refractivity contribution in [2.45, 2.75) is 46.4 Å². The minimum absolute atomic E-state index is 0.0200. The zero-order valence-corrected chi connectivity index (χ0v) is 19.1. The number of aliphatic hydroxyl groups excluding tert-OH is 1. The summed E-state index contributed by atoms with van der Waals surface area (Å²) in [5.74, 6) is 0. The van der Waals surface area contributed by atoms with Gasteiger partial charge in [-0.1, -0.05) is 54.6 Å². The molecule has 0 saturated carbocycles. The summed E-state index contributed by atoms with van der Waals surface area (Å²) in [5, 5.41) is 9.21. The number of hydrogen-bond donors (Lipinski definition) is 2. The molecule has 170 valence electrons. The summed E-state index contributed by atoms with van der Waals surface area (Å²) < 4.78 is 27.4. The highest BCUT2D eigenvalue weighted by Crippen LogP contribution is 2.45. The van der Waals surface area contributed by atoms with Crippen LogP contribution in [-0.2, 0) is 44.8 Å². The molecule has 0 amide bonds. The van der Waals surface area contributed by atoms with Crippen LogP contribution in [0.25, 0.3) is 11.3 Å². The van der Waals surface area contributed by atoms with Crippen molar-refractivity contribution in [3.05, 3.63) is 89.1 Å². The summed E-state index contributed by atoms with van der Waals surface area (Å²) in [5.41, 5.74) is 5.34. The van der Waals surface area contributed by atoms with Crippen LogP contribution in [0.3, 0.4) is 0 Å². The molecule has 0 saturated heterocycles. The van der Waals surface area contributed by atoms with Crippen LogP contribution < -0.4 is 0 Å². The summed E-state index contributed by atoms with van der Waals surface area (Å²) in [7, 11) is -4.07. The lowest BCUT2D eigenvalue weighted by Gasteiger charge is -2.14. The van der Waals surface area contributed by atoms with Gasteiger partial charge in [0, 0.05) is 11.8 Å². The van der Waals surface area contributed by atoms with E-state index in [1.807, 2.05) is 54.6 Å². The molecule has 1 atom stereocenters. The third-order valence-corrected chi connectivity index (χ3v) is 5.67. The Morgan fingerprint density at radius 3 is 2.25 bits per heavy atom. The number of nitrogens with zero attached hydrogens (tertiary/aromatic N) is 1. The second-order valence-electron chi connectivity index (χ2n) is 7.62. The number of rotatable bonds is 11. The zero-order valence-electron chi connectivity index (χ0n) is 18.2. The quantitative estimate of drug-likeness (QED) is 0.391. The van der Waals surface area contributed by atoms with Crippen LogP contribution in [0, 0.1) is 0 Å². The van der Waals surface area contributed by atoms with Crippen LogP contribution in [0.5, 0.6) is 0 Å². The number of hydrogen-bond acceptors (Lipinski definition) is 6. The number of aromatic nitrogens is 1. The highest BCUT2D eigenvalue weighted by molar-refractivity contribution is 7.47. The molecule has 0 spiro atoms. The van der Waals surface area contributed by atoms with Gasteiger partial charge in [0.25, 0.3) is 0 Å². The average Bonchev–Trinajstić information content (AvgIpc) is 2.78. The lowest BCUT2D eigenvalue weighted by atomic mass is 10.1. The first kappa shape index (κ1) is 24.3. The fourth-order valence-electron chi connectivity index (χ4n) is 3.01. The van der Waals surface area contributed by atoms with E-state index in [4.69, 9.17) is 13.8 Å². The Kier molecular flexibility index (Phi) is 8.70. The van der Waals surface area contributed by atoms with E-state index < -0.39 is 13.9 Å². The van der Waals surface area contributed by atoms with Crippen LogP contribution in [0.15, 0.2) is 66.9 Å². The van der Waals surface area contributed by atoms with E-state index in [1.165, 1.54) is 0 Å². The lowest BCUT2D eigenvalue weighted by molar-refractivity contribution is 0.107. The van der Waals surface area contributed by atoms with Crippen molar-refractivity contribution < 1.29 is 28.3 Å². The van der Waals surface area contributed by atoms with Gasteiger partial charge in [-0.15, -0.1) is 0 Å². The van der Waals surface area contributed by atoms with E-state index in [0.29, 0.717) is 18.8 Å². The fraction of sp³-hybridized carbons (Fsp3) is 0.292. The van der Waals surface area contributed by atoms with Crippen molar-refractivity contribution in [2.75, 3.05) is 0 Å². The first-order valence-electron chi connectivity index (χ1n) is 10.3. The minimum Gasteiger partial charge on any atom is -0.392 e. The van der Waals surface area contributed by atoms with Gasteiger partial charge in [0.15, 0.2) is 0 Å². The molecule has 0 radical (unpaired) electrons. The number of ether oxygens (including phenoxy) is 1. The SMILES string of the molecule is CC(C)OP(=O)(O)OCc1ccc(-c2ccc(COCc3cccc(CO)c3)cc2)nc1. The van der Waals surface area contributed by atoms with Gasteiger partial charge in [-0.05, 0) is 42.2 Å². The van der Waals surface area contributed by atoms with Crippen LogP contribution in [0.2, 0.25) is 0 Å². The predicted molar refractivity (Wildman–Crippen MR) is 121 cm³/mol. The van der Waals surface area contributed by atoms with Gasteiger partial charge < -0.3 is 14.7 Å². The van der Waals surface area contributed by atoms with Gasteiger partial charge in [-0.3, -0.25) is 14.0 Å². The van der Waals surface area contributed by atoms with Crippen molar-refractivity contribution in [3.63, 3.8) is 0 Å². The summed E-state index contributed by atoms with van der Waals surface area (Å²) in [6.07, 6.45) is 1.21. The van der Waals surface area contributed by atoms with E-state index in [0.717, 1.165) is 27.9 Å². The Hall–Kier alpha value is -2.38. The molecule has 0 fully saturated rings. The van der Waals surface area contributed by atoms with Gasteiger partial charge in [0.2, 0.25) is 0 Å².